The van der Waals surface area contributed by atoms with Gasteiger partial charge in [0, 0.05) is 24.0 Å². The van der Waals surface area contributed by atoms with Gasteiger partial charge in [-0.3, -0.25) is 0 Å². The molecular weight excluding hydrogens is 243 g/mol. The van der Waals surface area contributed by atoms with Crippen molar-refractivity contribution in [2.75, 3.05) is 6.61 Å². The van der Waals surface area contributed by atoms with E-state index in [0.29, 0.717) is 23.6 Å². The summed E-state index contributed by atoms with van der Waals surface area (Å²) in [4.78, 5) is 0. The summed E-state index contributed by atoms with van der Waals surface area (Å²) >= 11 is 5.68. The molecule has 0 aromatic heterocycles. The van der Waals surface area contributed by atoms with E-state index in [4.69, 9.17) is 16.3 Å². The van der Waals surface area contributed by atoms with Gasteiger partial charge in [-0.15, -0.1) is 0 Å². The van der Waals surface area contributed by atoms with Crippen LogP contribution in [0, 0.1) is 11.7 Å². The van der Waals surface area contributed by atoms with E-state index in [9.17, 15) is 9.50 Å². The largest absolute Gasteiger partial charge is 0.392 e. The highest BCUT2D eigenvalue weighted by molar-refractivity contribution is 6.30. The smallest absolute Gasteiger partial charge is 0.127 e. The summed E-state index contributed by atoms with van der Waals surface area (Å²) in [7, 11) is 0. The van der Waals surface area contributed by atoms with Crippen LogP contribution < -0.4 is 0 Å². The van der Waals surface area contributed by atoms with Gasteiger partial charge in [0.25, 0.3) is 0 Å². The third-order valence-corrected chi connectivity index (χ3v) is 3.61. The Balaban J connectivity index is 2.04. The van der Waals surface area contributed by atoms with Crippen LogP contribution in [0.25, 0.3) is 0 Å². The Morgan fingerprint density at radius 2 is 2.35 bits per heavy atom. The SMILES string of the molecule is CC1OCCC1C(O)Cc1ccc(Cl)cc1F. The molecule has 94 valence electrons. The van der Waals surface area contributed by atoms with Crippen molar-refractivity contribution < 1.29 is 14.2 Å². The van der Waals surface area contributed by atoms with Crippen LogP contribution in [-0.4, -0.2) is 23.9 Å². The minimum absolute atomic E-state index is 0.0420. The van der Waals surface area contributed by atoms with Crippen molar-refractivity contribution in [3.05, 3.63) is 34.6 Å². The van der Waals surface area contributed by atoms with Gasteiger partial charge in [0.15, 0.2) is 0 Å². The summed E-state index contributed by atoms with van der Waals surface area (Å²) in [6, 6.07) is 4.54. The Hall–Kier alpha value is -0.640. The molecule has 1 aliphatic rings. The van der Waals surface area contributed by atoms with Crippen LogP contribution in [0.4, 0.5) is 4.39 Å². The number of hydrogen-bond acceptors (Lipinski definition) is 2. The summed E-state index contributed by atoms with van der Waals surface area (Å²) in [5.41, 5.74) is 0.501. The zero-order valence-corrected chi connectivity index (χ0v) is 10.5. The first-order chi connectivity index (χ1) is 8.08. The van der Waals surface area contributed by atoms with Crippen LogP contribution in [0.3, 0.4) is 0 Å². The highest BCUT2D eigenvalue weighted by Gasteiger charge is 2.31. The zero-order valence-electron chi connectivity index (χ0n) is 9.70. The summed E-state index contributed by atoms with van der Waals surface area (Å²) in [6.07, 6.45) is 0.613. The second-order valence-electron chi connectivity index (χ2n) is 4.54. The molecule has 0 saturated carbocycles. The van der Waals surface area contributed by atoms with E-state index in [1.807, 2.05) is 6.92 Å². The summed E-state index contributed by atoms with van der Waals surface area (Å²) < 4.78 is 19.0. The highest BCUT2D eigenvalue weighted by Crippen LogP contribution is 2.26. The van der Waals surface area contributed by atoms with Gasteiger partial charge in [0.05, 0.1) is 12.2 Å². The third-order valence-electron chi connectivity index (χ3n) is 3.37. The van der Waals surface area contributed by atoms with E-state index in [-0.39, 0.29) is 17.8 Å². The number of halogens is 2. The number of benzene rings is 1. The topological polar surface area (TPSA) is 29.5 Å². The summed E-state index contributed by atoms with van der Waals surface area (Å²) in [5.74, 6) is -0.270. The lowest BCUT2D eigenvalue weighted by Gasteiger charge is -2.21. The Morgan fingerprint density at radius 1 is 1.59 bits per heavy atom. The first-order valence-corrected chi connectivity index (χ1v) is 6.19. The Morgan fingerprint density at radius 3 is 2.94 bits per heavy atom. The maximum Gasteiger partial charge on any atom is 0.127 e. The van der Waals surface area contributed by atoms with Crippen LogP contribution >= 0.6 is 11.6 Å². The van der Waals surface area contributed by atoms with Crippen LogP contribution in [0.15, 0.2) is 18.2 Å². The molecule has 1 aliphatic heterocycles. The molecule has 2 rings (SSSR count). The van der Waals surface area contributed by atoms with E-state index in [2.05, 4.69) is 0 Å². The van der Waals surface area contributed by atoms with Crippen molar-refractivity contribution in [3.63, 3.8) is 0 Å². The molecule has 1 fully saturated rings. The number of aliphatic hydroxyl groups excluding tert-OH is 1. The second-order valence-corrected chi connectivity index (χ2v) is 4.97. The van der Waals surface area contributed by atoms with Crippen molar-refractivity contribution in [2.24, 2.45) is 5.92 Å². The maximum atomic E-state index is 13.6. The number of aliphatic hydroxyl groups is 1. The van der Waals surface area contributed by atoms with Gasteiger partial charge in [-0.2, -0.15) is 0 Å². The standard InChI is InChI=1S/C13H16ClFO2/c1-8-11(4-5-17-8)13(16)6-9-2-3-10(14)7-12(9)15/h2-3,7-8,11,13,16H,4-6H2,1H3. The molecule has 1 saturated heterocycles. The van der Waals surface area contributed by atoms with Crippen molar-refractivity contribution in [2.45, 2.75) is 32.0 Å². The first kappa shape index (κ1) is 12.8. The molecule has 1 aromatic carbocycles. The molecule has 1 aromatic rings. The lowest BCUT2D eigenvalue weighted by molar-refractivity contribution is 0.0437. The minimum atomic E-state index is -0.567. The number of ether oxygens (including phenoxy) is 1. The van der Waals surface area contributed by atoms with Crippen molar-refractivity contribution in [1.29, 1.82) is 0 Å². The Labute approximate surface area is 105 Å². The normalized spacial score (nSPS) is 26.1. The van der Waals surface area contributed by atoms with E-state index < -0.39 is 6.10 Å². The van der Waals surface area contributed by atoms with Crippen LogP contribution in [0.2, 0.25) is 5.02 Å². The van der Waals surface area contributed by atoms with Crippen LogP contribution in [-0.2, 0) is 11.2 Å². The second kappa shape index (κ2) is 5.34. The average Bonchev–Trinajstić information content (AvgIpc) is 2.68. The van der Waals surface area contributed by atoms with E-state index in [0.717, 1.165) is 6.42 Å². The zero-order chi connectivity index (χ0) is 12.4. The molecule has 1 N–H and O–H groups in total. The van der Waals surface area contributed by atoms with Gasteiger partial charge in [-0.05, 0) is 31.0 Å². The fourth-order valence-electron chi connectivity index (χ4n) is 2.32. The summed E-state index contributed by atoms with van der Waals surface area (Å²) in [5, 5.41) is 10.5. The van der Waals surface area contributed by atoms with E-state index >= 15 is 0 Å². The highest BCUT2D eigenvalue weighted by atomic mass is 35.5. The van der Waals surface area contributed by atoms with Crippen molar-refractivity contribution in [1.82, 2.24) is 0 Å². The van der Waals surface area contributed by atoms with Crippen LogP contribution in [0.1, 0.15) is 18.9 Å². The predicted octanol–water partition coefficient (Wildman–Crippen LogP) is 2.81. The molecule has 3 unspecified atom stereocenters. The maximum absolute atomic E-state index is 13.6. The molecular formula is C13H16ClFO2. The molecule has 0 spiro atoms. The first-order valence-electron chi connectivity index (χ1n) is 5.81. The number of rotatable bonds is 3. The molecule has 1 heterocycles. The van der Waals surface area contributed by atoms with Crippen LogP contribution in [0.5, 0.6) is 0 Å². The van der Waals surface area contributed by atoms with Gasteiger partial charge in [-0.25, -0.2) is 4.39 Å². The molecule has 0 amide bonds. The van der Waals surface area contributed by atoms with Gasteiger partial charge in [0.2, 0.25) is 0 Å². The van der Waals surface area contributed by atoms with Gasteiger partial charge in [-0.1, -0.05) is 17.7 Å². The Bertz CT molecular complexity index is 397. The molecule has 0 bridgehead atoms. The molecule has 3 atom stereocenters. The lowest BCUT2D eigenvalue weighted by atomic mass is 9.91. The average molecular weight is 259 g/mol. The van der Waals surface area contributed by atoms with Gasteiger partial charge in [0.1, 0.15) is 5.82 Å². The van der Waals surface area contributed by atoms with Gasteiger partial charge >= 0.3 is 0 Å². The fourth-order valence-corrected chi connectivity index (χ4v) is 2.48. The molecule has 0 aliphatic carbocycles. The fraction of sp³-hybridized carbons (Fsp3) is 0.538. The van der Waals surface area contributed by atoms with Crippen molar-refractivity contribution >= 4 is 11.6 Å². The third kappa shape index (κ3) is 2.97. The lowest BCUT2D eigenvalue weighted by Crippen LogP contribution is -2.28. The Kier molecular flexibility index (Phi) is 4.02. The minimum Gasteiger partial charge on any atom is -0.392 e. The monoisotopic (exact) mass is 258 g/mol. The van der Waals surface area contributed by atoms with Crippen molar-refractivity contribution in [3.8, 4) is 0 Å². The quantitative estimate of drug-likeness (QED) is 0.903. The molecule has 2 nitrogen and oxygen atoms in total. The molecule has 4 heteroatoms. The molecule has 17 heavy (non-hydrogen) atoms. The van der Waals surface area contributed by atoms with Gasteiger partial charge < -0.3 is 9.84 Å². The predicted molar refractivity (Wildman–Crippen MR) is 64.6 cm³/mol. The van der Waals surface area contributed by atoms with E-state index in [1.54, 1.807) is 12.1 Å². The summed E-state index contributed by atoms with van der Waals surface area (Å²) in [6.45, 7) is 2.62. The molecule has 0 radical (unpaired) electrons. The van der Waals surface area contributed by atoms with E-state index in [1.165, 1.54) is 6.07 Å². The number of hydrogen-bond donors (Lipinski definition) is 1.